The smallest absolute Gasteiger partial charge is 0.305 e. The molecular weight excluding hydrogens is 322 g/mol. The first kappa shape index (κ1) is 17.6. The Morgan fingerprint density at radius 1 is 1.48 bits per heavy atom. The van der Waals surface area contributed by atoms with Crippen molar-refractivity contribution in [3.63, 3.8) is 0 Å². The molecule has 1 aliphatic heterocycles. The molecule has 1 saturated heterocycles. The second-order valence-corrected chi connectivity index (χ2v) is 5.79. The largest absolute Gasteiger partial charge is 0.495 e. The van der Waals surface area contributed by atoms with E-state index in [1.165, 1.54) is 0 Å². The lowest BCUT2D eigenvalue weighted by molar-refractivity contribution is -0.146. The van der Waals surface area contributed by atoms with Crippen molar-refractivity contribution in [3.8, 4) is 5.75 Å². The van der Waals surface area contributed by atoms with Crippen molar-refractivity contribution < 1.29 is 24.2 Å². The van der Waals surface area contributed by atoms with Gasteiger partial charge < -0.3 is 19.5 Å². The van der Waals surface area contributed by atoms with E-state index in [9.17, 15) is 9.59 Å². The molecule has 0 radical (unpaired) electrons. The summed E-state index contributed by atoms with van der Waals surface area (Å²) in [6.07, 6.45) is 0.749. The topological polar surface area (TPSA) is 76.1 Å². The number of carboxylic acids is 1. The summed E-state index contributed by atoms with van der Waals surface area (Å²) >= 11 is 6.07. The van der Waals surface area contributed by atoms with Gasteiger partial charge in [0.25, 0.3) is 0 Å². The Morgan fingerprint density at radius 2 is 2.26 bits per heavy atom. The van der Waals surface area contributed by atoms with Gasteiger partial charge in [0, 0.05) is 13.0 Å². The van der Waals surface area contributed by atoms with E-state index in [2.05, 4.69) is 0 Å². The number of rotatable bonds is 6. The molecule has 23 heavy (non-hydrogen) atoms. The number of carbonyl (C=O) groups excluding carboxylic acids is 1. The van der Waals surface area contributed by atoms with Crippen molar-refractivity contribution >= 4 is 23.5 Å². The third-order valence-electron chi connectivity index (χ3n) is 3.80. The van der Waals surface area contributed by atoms with Crippen LogP contribution in [0, 0.1) is 0 Å². The van der Waals surface area contributed by atoms with E-state index in [1.807, 2.05) is 6.07 Å². The van der Waals surface area contributed by atoms with Crippen molar-refractivity contribution in [1.29, 1.82) is 0 Å². The fourth-order valence-corrected chi connectivity index (χ4v) is 2.89. The normalized spacial score (nSPS) is 17.8. The number of amides is 1. The highest BCUT2D eigenvalue weighted by atomic mass is 35.5. The zero-order valence-electron chi connectivity index (χ0n) is 13.0. The molecule has 1 N–H and O–H groups in total. The molecule has 2 rings (SSSR count). The number of ether oxygens (including phenoxy) is 2. The molecule has 0 spiro atoms. The quantitative estimate of drug-likeness (QED) is 0.856. The predicted molar refractivity (Wildman–Crippen MR) is 84.9 cm³/mol. The molecule has 1 aromatic rings. The van der Waals surface area contributed by atoms with Gasteiger partial charge in [-0.2, -0.15) is 0 Å². The van der Waals surface area contributed by atoms with Gasteiger partial charge in [0.2, 0.25) is 5.91 Å². The molecule has 7 heteroatoms. The molecule has 1 aromatic carbocycles. The van der Waals surface area contributed by atoms with Crippen LogP contribution in [-0.2, 0) is 20.7 Å². The van der Waals surface area contributed by atoms with Gasteiger partial charge in [0.05, 0.1) is 37.8 Å². The van der Waals surface area contributed by atoms with E-state index in [0.29, 0.717) is 36.8 Å². The number of halogens is 1. The van der Waals surface area contributed by atoms with Gasteiger partial charge in [-0.3, -0.25) is 9.59 Å². The van der Waals surface area contributed by atoms with Crippen molar-refractivity contribution in [1.82, 2.24) is 4.90 Å². The van der Waals surface area contributed by atoms with Gasteiger partial charge in [-0.1, -0.05) is 17.7 Å². The predicted octanol–water partition coefficient (Wildman–Crippen LogP) is 1.98. The van der Waals surface area contributed by atoms with Gasteiger partial charge in [-0.05, 0) is 24.1 Å². The molecule has 1 heterocycles. The van der Waals surface area contributed by atoms with E-state index in [-0.39, 0.29) is 18.9 Å². The molecule has 6 nitrogen and oxygen atoms in total. The fourth-order valence-electron chi connectivity index (χ4n) is 2.61. The van der Waals surface area contributed by atoms with E-state index >= 15 is 0 Å². The Labute approximate surface area is 139 Å². The zero-order chi connectivity index (χ0) is 16.8. The van der Waals surface area contributed by atoms with Crippen molar-refractivity contribution in [2.45, 2.75) is 25.3 Å². The summed E-state index contributed by atoms with van der Waals surface area (Å²) < 4.78 is 10.4. The number of methoxy groups -OCH3 is 1. The number of carbonyl (C=O) groups is 2. The summed E-state index contributed by atoms with van der Waals surface area (Å²) in [5, 5.41) is 9.44. The maximum atomic E-state index is 12.4. The molecule has 1 unspecified atom stereocenters. The first-order valence-electron chi connectivity index (χ1n) is 7.42. The molecule has 1 fully saturated rings. The molecule has 126 valence electrons. The summed E-state index contributed by atoms with van der Waals surface area (Å²) in [5.74, 6) is -0.400. The second kappa shape index (κ2) is 8.17. The van der Waals surface area contributed by atoms with Crippen LogP contribution >= 0.6 is 11.6 Å². The van der Waals surface area contributed by atoms with E-state index < -0.39 is 12.0 Å². The van der Waals surface area contributed by atoms with Crippen molar-refractivity contribution in [3.05, 3.63) is 28.8 Å². The molecule has 1 aliphatic rings. The van der Waals surface area contributed by atoms with Gasteiger partial charge in [0.1, 0.15) is 5.75 Å². The first-order valence-corrected chi connectivity index (χ1v) is 7.80. The van der Waals surface area contributed by atoms with Crippen LogP contribution in [0.15, 0.2) is 18.2 Å². The Kier molecular flexibility index (Phi) is 6.24. The minimum Gasteiger partial charge on any atom is -0.495 e. The van der Waals surface area contributed by atoms with Crippen molar-refractivity contribution in [2.24, 2.45) is 0 Å². The molecule has 0 aromatic heterocycles. The number of nitrogens with zero attached hydrogens (tertiary/aromatic N) is 1. The van der Waals surface area contributed by atoms with Crippen molar-refractivity contribution in [2.75, 3.05) is 26.9 Å². The highest BCUT2D eigenvalue weighted by Crippen LogP contribution is 2.25. The Hall–Kier alpha value is -1.79. The number of morpholine rings is 1. The molecule has 1 atom stereocenters. The monoisotopic (exact) mass is 341 g/mol. The number of aryl methyl sites for hydroxylation is 1. The molecular formula is C16H20ClNO5. The summed E-state index contributed by atoms with van der Waals surface area (Å²) in [6.45, 7) is 1.14. The van der Waals surface area contributed by atoms with Crippen LogP contribution in [0.25, 0.3) is 0 Å². The lowest BCUT2D eigenvalue weighted by Gasteiger charge is -2.35. The van der Waals surface area contributed by atoms with Crippen LogP contribution in [0.4, 0.5) is 0 Å². The van der Waals surface area contributed by atoms with Crippen LogP contribution < -0.4 is 4.74 Å². The average molecular weight is 342 g/mol. The highest BCUT2D eigenvalue weighted by Gasteiger charge is 2.28. The molecule has 0 aliphatic carbocycles. The lowest BCUT2D eigenvalue weighted by Crippen LogP contribution is -2.49. The summed E-state index contributed by atoms with van der Waals surface area (Å²) in [6, 6.07) is 5.02. The minimum absolute atomic E-state index is 0.0634. The van der Waals surface area contributed by atoms with Gasteiger partial charge in [-0.25, -0.2) is 0 Å². The highest BCUT2D eigenvalue weighted by molar-refractivity contribution is 6.32. The average Bonchev–Trinajstić information content (AvgIpc) is 2.52. The van der Waals surface area contributed by atoms with E-state index in [1.54, 1.807) is 24.1 Å². The first-order chi connectivity index (χ1) is 11.0. The van der Waals surface area contributed by atoms with Gasteiger partial charge in [0.15, 0.2) is 0 Å². The summed E-state index contributed by atoms with van der Waals surface area (Å²) in [7, 11) is 1.55. The van der Waals surface area contributed by atoms with Gasteiger partial charge >= 0.3 is 5.97 Å². The third-order valence-corrected chi connectivity index (χ3v) is 4.10. The minimum atomic E-state index is -0.930. The van der Waals surface area contributed by atoms with Crippen LogP contribution in [0.1, 0.15) is 18.4 Å². The van der Waals surface area contributed by atoms with Gasteiger partial charge in [-0.15, -0.1) is 0 Å². The van der Waals surface area contributed by atoms with Crippen LogP contribution in [0.3, 0.4) is 0 Å². The standard InChI is InChI=1S/C16H20ClNO5/c1-22-14-4-2-11(8-13(14)17)3-5-15(19)18-6-7-23-10-12(18)9-16(20)21/h2,4,8,12H,3,5-7,9-10H2,1H3,(H,20,21). The van der Waals surface area contributed by atoms with E-state index in [4.69, 9.17) is 26.2 Å². The Bertz CT molecular complexity index is 578. The fraction of sp³-hybridized carbons (Fsp3) is 0.500. The molecule has 0 bridgehead atoms. The second-order valence-electron chi connectivity index (χ2n) is 5.38. The summed E-state index contributed by atoms with van der Waals surface area (Å²) in [5.41, 5.74) is 0.937. The zero-order valence-corrected chi connectivity index (χ0v) is 13.7. The van der Waals surface area contributed by atoms with Crippen LogP contribution in [0.5, 0.6) is 5.75 Å². The lowest BCUT2D eigenvalue weighted by atomic mass is 10.1. The number of aliphatic carboxylic acids is 1. The third kappa shape index (κ3) is 4.84. The Balaban J connectivity index is 1.94. The maximum absolute atomic E-state index is 12.4. The molecule has 1 amide bonds. The number of hydrogen-bond acceptors (Lipinski definition) is 4. The van der Waals surface area contributed by atoms with Crippen LogP contribution in [0.2, 0.25) is 5.02 Å². The summed E-state index contributed by atoms with van der Waals surface area (Å²) in [4.78, 5) is 24.9. The number of carboxylic acid groups (broad SMARTS) is 1. The molecule has 0 saturated carbocycles. The number of hydrogen-bond donors (Lipinski definition) is 1. The maximum Gasteiger partial charge on any atom is 0.305 e. The number of benzene rings is 1. The Morgan fingerprint density at radius 3 is 2.91 bits per heavy atom. The van der Waals surface area contributed by atoms with E-state index in [0.717, 1.165) is 5.56 Å². The van der Waals surface area contributed by atoms with Crippen LogP contribution in [-0.4, -0.2) is 54.8 Å². The SMILES string of the molecule is COc1ccc(CCC(=O)N2CCOCC2CC(=O)O)cc1Cl.